The molecule has 0 saturated heterocycles. The molecule has 0 N–H and O–H groups in total. The zero-order chi connectivity index (χ0) is 11.3. The lowest BCUT2D eigenvalue weighted by Gasteiger charge is -2.01. The van der Waals surface area contributed by atoms with E-state index in [1.807, 2.05) is 12.1 Å². The van der Waals surface area contributed by atoms with Gasteiger partial charge in [0.1, 0.15) is 5.15 Å². The van der Waals surface area contributed by atoms with Gasteiger partial charge in [-0.25, -0.2) is 9.97 Å². The fourth-order valence-electron chi connectivity index (χ4n) is 1.94. The number of benzene rings is 1. The topological polar surface area (TPSA) is 25.8 Å². The quantitative estimate of drug-likeness (QED) is 0.461. The third kappa shape index (κ3) is 1.54. The first-order valence-electron chi connectivity index (χ1n) is 4.66. The lowest BCUT2D eigenvalue weighted by Crippen LogP contribution is -1.91. The maximum absolute atomic E-state index is 6.06. The molecule has 3 rings (SSSR count). The number of aromatic nitrogens is 2. The Labute approximate surface area is 111 Å². The van der Waals surface area contributed by atoms with Crippen molar-refractivity contribution in [1.82, 2.24) is 9.97 Å². The molecular formula is C11H5BrCl2N2. The highest BCUT2D eigenvalue weighted by Crippen LogP contribution is 2.39. The Kier molecular flexibility index (Phi) is 2.42. The fraction of sp³-hybridized carbons (Fsp3) is 0.0909. The molecule has 0 atom stereocenters. The number of nitrogens with zero attached hydrogens (tertiary/aromatic N) is 2. The monoisotopic (exact) mass is 314 g/mol. The molecule has 16 heavy (non-hydrogen) atoms. The highest BCUT2D eigenvalue weighted by molar-refractivity contribution is 9.10. The van der Waals surface area contributed by atoms with E-state index in [0.717, 1.165) is 27.7 Å². The van der Waals surface area contributed by atoms with Crippen LogP contribution in [0.1, 0.15) is 11.1 Å². The zero-order valence-corrected chi connectivity index (χ0v) is 11.1. The summed E-state index contributed by atoms with van der Waals surface area (Å²) in [5.74, 6) is 0. The van der Waals surface area contributed by atoms with Crippen LogP contribution in [0, 0.1) is 0 Å². The Balaban J connectivity index is 2.29. The van der Waals surface area contributed by atoms with Gasteiger partial charge in [-0.1, -0.05) is 33.6 Å². The van der Waals surface area contributed by atoms with Crippen LogP contribution in [0.4, 0.5) is 0 Å². The van der Waals surface area contributed by atoms with Crippen molar-refractivity contribution in [2.75, 3.05) is 0 Å². The van der Waals surface area contributed by atoms with Crippen LogP contribution >= 0.6 is 39.1 Å². The third-order valence-corrected chi connectivity index (χ3v) is 3.59. The van der Waals surface area contributed by atoms with Gasteiger partial charge in [0.25, 0.3) is 0 Å². The maximum atomic E-state index is 6.06. The van der Waals surface area contributed by atoms with Crippen molar-refractivity contribution in [2.24, 2.45) is 0 Å². The number of fused-ring (bicyclic) bond motifs is 3. The van der Waals surface area contributed by atoms with E-state index < -0.39 is 0 Å². The highest BCUT2D eigenvalue weighted by Gasteiger charge is 2.23. The van der Waals surface area contributed by atoms with Crippen LogP contribution in [0.5, 0.6) is 0 Å². The molecule has 0 aliphatic heterocycles. The van der Waals surface area contributed by atoms with E-state index in [9.17, 15) is 0 Å². The smallest absolute Gasteiger partial charge is 0.217 e. The lowest BCUT2D eigenvalue weighted by atomic mass is 10.1. The van der Waals surface area contributed by atoms with E-state index in [-0.39, 0.29) is 5.28 Å². The molecule has 0 spiro atoms. The summed E-state index contributed by atoms with van der Waals surface area (Å²) in [5.41, 5.74) is 4.10. The minimum absolute atomic E-state index is 0.194. The first kappa shape index (κ1) is 10.5. The van der Waals surface area contributed by atoms with Crippen molar-refractivity contribution >= 4 is 39.1 Å². The maximum Gasteiger partial charge on any atom is 0.224 e. The van der Waals surface area contributed by atoms with E-state index in [1.165, 1.54) is 5.56 Å². The molecule has 5 heteroatoms. The van der Waals surface area contributed by atoms with Gasteiger partial charge in [-0.3, -0.25) is 0 Å². The third-order valence-electron chi connectivity index (χ3n) is 2.62. The van der Waals surface area contributed by atoms with Gasteiger partial charge in [0.2, 0.25) is 5.28 Å². The molecule has 1 aliphatic carbocycles. The molecule has 0 amide bonds. The summed E-state index contributed by atoms with van der Waals surface area (Å²) in [7, 11) is 0. The average Bonchev–Trinajstić information content (AvgIpc) is 2.56. The van der Waals surface area contributed by atoms with Gasteiger partial charge in [0.15, 0.2) is 0 Å². The fourth-order valence-corrected chi connectivity index (χ4v) is 2.80. The Morgan fingerprint density at radius 1 is 1.19 bits per heavy atom. The first-order chi connectivity index (χ1) is 7.65. The van der Waals surface area contributed by atoms with Crippen LogP contribution in [0.15, 0.2) is 22.7 Å². The molecular weight excluding hydrogens is 311 g/mol. The molecule has 1 aromatic carbocycles. The molecule has 80 valence electrons. The molecule has 2 nitrogen and oxygen atoms in total. The SMILES string of the molecule is Clc1nc(Cl)c2c(n1)-c1ccc(Br)cc1C2. The largest absolute Gasteiger partial charge is 0.224 e. The van der Waals surface area contributed by atoms with Crippen LogP contribution in [0.3, 0.4) is 0 Å². The normalized spacial score (nSPS) is 12.4. The van der Waals surface area contributed by atoms with E-state index in [1.54, 1.807) is 0 Å². The molecule has 1 aliphatic rings. The summed E-state index contributed by atoms with van der Waals surface area (Å²) in [5, 5.41) is 0.641. The standard InChI is InChI=1S/C11H5BrCl2N2/c12-6-1-2-7-5(3-6)4-8-9(7)15-11(14)16-10(8)13/h1-3H,4H2. The van der Waals surface area contributed by atoms with E-state index in [2.05, 4.69) is 32.0 Å². The Bertz CT molecular complexity index is 599. The summed E-state index contributed by atoms with van der Waals surface area (Å²) in [4.78, 5) is 8.20. The van der Waals surface area contributed by atoms with Crippen LogP contribution in [-0.4, -0.2) is 9.97 Å². The molecule has 1 heterocycles. The van der Waals surface area contributed by atoms with Crippen LogP contribution < -0.4 is 0 Å². The minimum Gasteiger partial charge on any atom is -0.217 e. The van der Waals surface area contributed by atoms with Crippen molar-refractivity contribution in [3.8, 4) is 11.3 Å². The Morgan fingerprint density at radius 2 is 2.00 bits per heavy atom. The van der Waals surface area contributed by atoms with Gasteiger partial charge in [-0.15, -0.1) is 0 Å². The second-order valence-electron chi connectivity index (χ2n) is 3.59. The molecule has 1 aromatic heterocycles. The van der Waals surface area contributed by atoms with E-state index in [4.69, 9.17) is 23.2 Å². The second kappa shape index (κ2) is 3.69. The lowest BCUT2D eigenvalue weighted by molar-refractivity contribution is 1.12. The average molecular weight is 316 g/mol. The number of rotatable bonds is 0. The van der Waals surface area contributed by atoms with Crippen molar-refractivity contribution in [2.45, 2.75) is 6.42 Å². The summed E-state index contributed by atoms with van der Waals surface area (Å²) < 4.78 is 1.05. The highest BCUT2D eigenvalue weighted by atomic mass is 79.9. The Morgan fingerprint density at radius 3 is 2.81 bits per heavy atom. The number of halogens is 3. The van der Waals surface area contributed by atoms with Crippen molar-refractivity contribution in [1.29, 1.82) is 0 Å². The van der Waals surface area contributed by atoms with Crippen molar-refractivity contribution in [3.63, 3.8) is 0 Å². The summed E-state index contributed by atoms with van der Waals surface area (Å²) in [6.45, 7) is 0. The minimum atomic E-state index is 0.194. The van der Waals surface area contributed by atoms with Crippen molar-refractivity contribution in [3.05, 3.63) is 44.2 Å². The second-order valence-corrected chi connectivity index (χ2v) is 5.20. The van der Waals surface area contributed by atoms with E-state index >= 15 is 0 Å². The molecule has 0 saturated carbocycles. The van der Waals surface area contributed by atoms with Gasteiger partial charge < -0.3 is 0 Å². The molecule has 2 aromatic rings. The zero-order valence-electron chi connectivity index (χ0n) is 7.97. The first-order valence-corrected chi connectivity index (χ1v) is 6.21. The summed E-state index contributed by atoms with van der Waals surface area (Å²) in [6.07, 6.45) is 0.764. The van der Waals surface area contributed by atoms with Gasteiger partial charge in [0, 0.05) is 22.0 Å². The van der Waals surface area contributed by atoms with Gasteiger partial charge in [-0.2, -0.15) is 0 Å². The van der Waals surface area contributed by atoms with Crippen LogP contribution in [0.2, 0.25) is 10.4 Å². The van der Waals surface area contributed by atoms with Gasteiger partial charge in [0.05, 0.1) is 5.69 Å². The number of hydrogen-bond acceptors (Lipinski definition) is 2. The molecule has 0 radical (unpaired) electrons. The molecule has 0 bridgehead atoms. The molecule has 0 unspecified atom stereocenters. The summed E-state index contributed by atoms with van der Waals surface area (Å²) >= 11 is 15.3. The van der Waals surface area contributed by atoms with E-state index in [0.29, 0.717) is 5.15 Å². The molecule has 0 fully saturated rings. The van der Waals surface area contributed by atoms with Crippen LogP contribution in [-0.2, 0) is 6.42 Å². The predicted molar refractivity (Wildman–Crippen MR) is 68.0 cm³/mol. The van der Waals surface area contributed by atoms with Crippen LogP contribution in [0.25, 0.3) is 11.3 Å². The van der Waals surface area contributed by atoms with Crippen molar-refractivity contribution < 1.29 is 0 Å². The predicted octanol–water partition coefficient (Wildman–Crippen LogP) is 4.12. The Hall–Kier alpha value is -0.640. The van der Waals surface area contributed by atoms with Gasteiger partial charge in [-0.05, 0) is 29.3 Å². The summed E-state index contributed by atoms with van der Waals surface area (Å²) in [6, 6.07) is 6.07. The number of hydrogen-bond donors (Lipinski definition) is 0. The van der Waals surface area contributed by atoms with Gasteiger partial charge >= 0.3 is 0 Å².